The van der Waals surface area contributed by atoms with Gasteiger partial charge in [-0.3, -0.25) is 0 Å². The lowest BCUT2D eigenvalue weighted by atomic mass is 9.59. The summed E-state index contributed by atoms with van der Waals surface area (Å²) in [7, 11) is 0. The number of anilines is 2. The smallest absolute Gasteiger partial charge is 0.133 e. The Balaban J connectivity index is 1.20. The standard InChI is InChI=1S/C49H66N2O2/c1-6-7-8-9-10-11-12-13-38-14-16-39(17-15-38)40-26-28-49(29-27-40,41-30-34(2)47(35(3)31-41)52-45-22-18-43(50)19-23-45)42-32-36(4)48(37(5)33-42)53-46-24-20-44(51)21-25-46/h18-25,30-33,38-40H,6-17,26-29,50-51H2,1-5H3. The summed E-state index contributed by atoms with van der Waals surface area (Å²) >= 11 is 0. The molecule has 4 nitrogen and oxygen atoms in total. The van der Waals surface area contributed by atoms with Gasteiger partial charge in [-0.05, 0) is 166 Å². The first-order valence-electron chi connectivity index (χ1n) is 21.0. The van der Waals surface area contributed by atoms with Gasteiger partial charge in [0, 0.05) is 16.8 Å². The van der Waals surface area contributed by atoms with E-state index in [0.29, 0.717) is 0 Å². The first-order chi connectivity index (χ1) is 25.6. The fraction of sp³-hybridized carbons (Fsp3) is 0.510. The zero-order chi connectivity index (χ0) is 37.4. The van der Waals surface area contributed by atoms with Crippen LogP contribution in [-0.2, 0) is 5.41 Å². The van der Waals surface area contributed by atoms with Crippen LogP contribution >= 0.6 is 0 Å². The molecule has 0 amide bonds. The molecule has 0 bridgehead atoms. The summed E-state index contributed by atoms with van der Waals surface area (Å²) in [5.74, 6) is 6.18. The average Bonchev–Trinajstić information content (AvgIpc) is 3.16. The Morgan fingerprint density at radius 1 is 0.528 bits per heavy atom. The van der Waals surface area contributed by atoms with E-state index in [1.54, 1.807) is 0 Å². The van der Waals surface area contributed by atoms with E-state index in [-0.39, 0.29) is 5.41 Å². The van der Waals surface area contributed by atoms with Gasteiger partial charge in [-0.2, -0.15) is 0 Å². The summed E-state index contributed by atoms with van der Waals surface area (Å²) < 4.78 is 12.9. The van der Waals surface area contributed by atoms with E-state index in [4.69, 9.17) is 20.9 Å². The van der Waals surface area contributed by atoms with Crippen molar-refractivity contribution < 1.29 is 9.47 Å². The van der Waals surface area contributed by atoms with Crippen molar-refractivity contribution in [1.29, 1.82) is 0 Å². The highest BCUT2D eigenvalue weighted by atomic mass is 16.5. The molecule has 0 unspecified atom stereocenters. The van der Waals surface area contributed by atoms with Crippen LogP contribution in [0.15, 0.2) is 72.8 Å². The van der Waals surface area contributed by atoms with Crippen LogP contribution in [0.1, 0.15) is 143 Å². The summed E-state index contributed by atoms with van der Waals surface area (Å²) in [6.45, 7) is 11.1. The Kier molecular flexibility index (Phi) is 13.1. The third-order valence-electron chi connectivity index (χ3n) is 12.9. The topological polar surface area (TPSA) is 70.5 Å². The summed E-state index contributed by atoms with van der Waals surface area (Å²) in [4.78, 5) is 0. The van der Waals surface area contributed by atoms with Gasteiger partial charge in [-0.1, -0.05) is 95.4 Å². The van der Waals surface area contributed by atoms with Crippen LogP contribution in [0.2, 0.25) is 0 Å². The predicted octanol–water partition coefficient (Wildman–Crippen LogP) is 14.1. The number of ether oxygens (including phenoxy) is 2. The van der Waals surface area contributed by atoms with Crippen molar-refractivity contribution in [2.24, 2.45) is 17.8 Å². The number of nitrogens with two attached hydrogens (primary N) is 2. The van der Waals surface area contributed by atoms with Gasteiger partial charge < -0.3 is 20.9 Å². The molecule has 284 valence electrons. The van der Waals surface area contributed by atoms with Crippen LogP contribution < -0.4 is 20.9 Å². The van der Waals surface area contributed by atoms with Crippen molar-refractivity contribution in [2.45, 2.75) is 143 Å². The van der Waals surface area contributed by atoms with Gasteiger partial charge in [-0.15, -0.1) is 0 Å². The van der Waals surface area contributed by atoms with Gasteiger partial charge >= 0.3 is 0 Å². The van der Waals surface area contributed by atoms with E-state index in [2.05, 4.69) is 58.9 Å². The molecule has 2 fully saturated rings. The molecule has 0 aliphatic heterocycles. The number of rotatable bonds is 15. The van der Waals surface area contributed by atoms with E-state index < -0.39 is 0 Å². The molecule has 0 heterocycles. The van der Waals surface area contributed by atoms with Gasteiger partial charge in [0.1, 0.15) is 23.0 Å². The molecule has 2 aliphatic carbocycles. The minimum atomic E-state index is -0.0602. The van der Waals surface area contributed by atoms with Crippen LogP contribution in [0.25, 0.3) is 0 Å². The van der Waals surface area contributed by atoms with Crippen LogP contribution in [0.4, 0.5) is 11.4 Å². The number of aryl methyl sites for hydroxylation is 4. The molecule has 4 N–H and O–H groups in total. The first kappa shape index (κ1) is 38.8. The van der Waals surface area contributed by atoms with Crippen molar-refractivity contribution in [2.75, 3.05) is 11.5 Å². The summed E-state index contributed by atoms with van der Waals surface area (Å²) in [5, 5.41) is 0. The fourth-order valence-corrected chi connectivity index (χ4v) is 9.77. The molecule has 0 aromatic heterocycles. The molecule has 6 rings (SSSR count). The number of hydrogen-bond acceptors (Lipinski definition) is 4. The van der Waals surface area contributed by atoms with E-state index in [1.807, 2.05) is 48.5 Å². The molecule has 4 aromatic carbocycles. The summed E-state index contributed by atoms with van der Waals surface area (Å²) in [6.07, 6.45) is 22.1. The molecular weight excluding hydrogens is 649 g/mol. The van der Waals surface area contributed by atoms with Crippen molar-refractivity contribution in [3.8, 4) is 23.0 Å². The molecule has 0 atom stereocenters. The number of benzene rings is 4. The van der Waals surface area contributed by atoms with Gasteiger partial charge in [0.05, 0.1) is 0 Å². The van der Waals surface area contributed by atoms with Gasteiger partial charge in [0.25, 0.3) is 0 Å². The minimum absolute atomic E-state index is 0.0602. The van der Waals surface area contributed by atoms with Crippen molar-refractivity contribution in [1.82, 2.24) is 0 Å². The zero-order valence-electron chi connectivity index (χ0n) is 33.4. The second-order valence-electron chi connectivity index (χ2n) is 16.8. The van der Waals surface area contributed by atoms with Crippen LogP contribution in [0.3, 0.4) is 0 Å². The number of unbranched alkanes of at least 4 members (excludes halogenated alkanes) is 6. The molecule has 0 spiro atoms. The minimum Gasteiger partial charge on any atom is -0.457 e. The lowest BCUT2D eigenvalue weighted by molar-refractivity contribution is 0.140. The van der Waals surface area contributed by atoms with E-state index >= 15 is 0 Å². The molecular formula is C49H66N2O2. The monoisotopic (exact) mass is 715 g/mol. The number of nitrogen functional groups attached to an aromatic ring is 2. The summed E-state index contributed by atoms with van der Waals surface area (Å²) in [5.41, 5.74) is 20.9. The Morgan fingerprint density at radius 3 is 1.36 bits per heavy atom. The average molecular weight is 715 g/mol. The Labute approximate surface area is 321 Å². The van der Waals surface area contributed by atoms with Gasteiger partial charge in [0.2, 0.25) is 0 Å². The maximum atomic E-state index is 6.47. The second-order valence-corrected chi connectivity index (χ2v) is 16.8. The molecule has 0 radical (unpaired) electrons. The molecule has 4 aromatic rings. The van der Waals surface area contributed by atoms with Gasteiger partial charge in [0.15, 0.2) is 0 Å². The van der Waals surface area contributed by atoms with Crippen LogP contribution in [-0.4, -0.2) is 0 Å². The molecule has 0 saturated heterocycles. The second kappa shape index (κ2) is 17.9. The highest BCUT2D eigenvalue weighted by Crippen LogP contribution is 2.52. The Bertz CT molecular complexity index is 1610. The van der Waals surface area contributed by atoms with Crippen molar-refractivity contribution >= 4 is 11.4 Å². The summed E-state index contributed by atoms with van der Waals surface area (Å²) in [6, 6.07) is 25.1. The van der Waals surface area contributed by atoms with E-state index in [9.17, 15) is 0 Å². The third-order valence-corrected chi connectivity index (χ3v) is 12.9. The predicted molar refractivity (Wildman–Crippen MR) is 224 cm³/mol. The highest BCUT2D eigenvalue weighted by molar-refractivity contribution is 5.55. The van der Waals surface area contributed by atoms with Crippen molar-refractivity contribution in [3.63, 3.8) is 0 Å². The maximum absolute atomic E-state index is 6.47. The fourth-order valence-electron chi connectivity index (χ4n) is 9.77. The van der Waals surface area contributed by atoms with Gasteiger partial charge in [-0.25, -0.2) is 0 Å². The molecule has 2 saturated carbocycles. The van der Waals surface area contributed by atoms with Crippen LogP contribution in [0.5, 0.6) is 23.0 Å². The number of hydrogen-bond donors (Lipinski definition) is 2. The Hall–Kier alpha value is -3.92. The normalized spacial score (nSPS) is 18.9. The maximum Gasteiger partial charge on any atom is 0.133 e. The Morgan fingerprint density at radius 2 is 0.925 bits per heavy atom. The lowest BCUT2D eigenvalue weighted by Gasteiger charge is -2.45. The first-order valence-corrected chi connectivity index (χ1v) is 21.0. The van der Waals surface area contributed by atoms with Crippen LogP contribution in [0, 0.1) is 45.4 Å². The third kappa shape index (κ3) is 9.61. The lowest BCUT2D eigenvalue weighted by Crippen LogP contribution is -2.36. The largest absolute Gasteiger partial charge is 0.457 e. The van der Waals surface area contributed by atoms with E-state index in [0.717, 1.165) is 52.1 Å². The van der Waals surface area contributed by atoms with E-state index in [1.165, 1.54) is 136 Å². The molecule has 4 heteroatoms. The van der Waals surface area contributed by atoms with Crippen molar-refractivity contribution in [3.05, 3.63) is 106 Å². The molecule has 53 heavy (non-hydrogen) atoms. The quantitative estimate of drug-likeness (QED) is 0.0950. The zero-order valence-corrected chi connectivity index (χ0v) is 33.4. The molecule has 2 aliphatic rings. The highest BCUT2D eigenvalue weighted by Gasteiger charge is 2.42. The SMILES string of the molecule is CCCCCCCCCC1CCC(C2CCC(c3cc(C)c(Oc4ccc(N)cc4)c(C)c3)(c3cc(C)c(Oc4ccc(N)cc4)c(C)c3)CC2)CC1.